The molecule has 0 aliphatic heterocycles. The van der Waals surface area contributed by atoms with Gasteiger partial charge in [-0.1, -0.05) is 45.8 Å². The van der Waals surface area contributed by atoms with Crippen LogP contribution < -0.4 is 51.4 Å². The number of esters is 3. The summed E-state index contributed by atoms with van der Waals surface area (Å²) in [4.78, 5) is 36.8. The largest absolute Gasteiger partial charge is 1.00 e. The van der Waals surface area contributed by atoms with E-state index < -0.39 is 58.5 Å². The van der Waals surface area contributed by atoms with Gasteiger partial charge in [0.15, 0.2) is 0 Å². The van der Waals surface area contributed by atoms with Crippen LogP contribution in [-0.4, -0.2) is 55.9 Å². The third kappa shape index (κ3) is 12.6. The van der Waals surface area contributed by atoms with Crippen molar-refractivity contribution < 1.29 is 94.4 Å². The van der Waals surface area contributed by atoms with Gasteiger partial charge in [0.2, 0.25) is 0 Å². The topological polar surface area (TPSA) is 133 Å². The molecule has 0 aromatic heterocycles. The molecule has 1 unspecified atom stereocenters. The fourth-order valence-corrected chi connectivity index (χ4v) is 2.62. The molecule has 0 aromatic rings. The molecule has 32 heavy (non-hydrogen) atoms. The number of ether oxygens (including phenoxy) is 3. The first kappa shape index (κ1) is 33.6. The average Bonchev–Trinajstić information content (AvgIpc) is 2.68. The summed E-state index contributed by atoms with van der Waals surface area (Å²) >= 11 is 0. The Labute approximate surface area is 235 Å². The monoisotopic (exact) mass is 502 g/mol. The van der Waals surface area contributed by atoms with E-state index in [2.05, 4.69) is 13.2 Å². The SMILES string of the molecule is C=C(C)C(=O)OCC(CCCCCC)(COC(=O)C(=C)C)C(=O)OCC(C)S(=O)(=O)O.[H-].[K+]. The quantitative estimate of drug-likeness (QED) is 0.0827. The molecular weight excluding hydrogens is 467 g/mol. The third-order valence-electron chi connectivity index (χ3n) is 4.56. The van der Waals surface area contributed by atoms with Crippen LogP contribution in [0.25, 0.3) is 0 Å². The van der Waals surface area contributed by atoms with E-state index in [0.29, 0.717) is 6.42 Å². The Bertz CT molecular complexity index is 751. The van der Waals surface area contributed by atoms with Gasteiger partial charge in [-0.2, -0.15) is 8.42 Å². The molecule has 11 heteroatoms. The van der Waals surface area contributed by atoms with Gasteiger partial charge < -0.3 is 15.6 Å². The zero-order valence-corrected chi connectivity index (χ0v) is 23.7. The van der Waals surface area contributed by atoms with Crippen molar-refractivity contribution in [3.8, 4) is 0 Å². The van der Waals surface area contributed by atoms with Gasteiger partial charge in [0.25, 0.3) is 10.1 Å². The molecular formula is C21H35KO9S. The fraction of sp³-hybridized carbons (Fsp3) is 0.667. The number of hydrogen-bond donors (Lipinski definition) is 1. The minimum atomic E-state index is -4.41. The summed E-state index contributed by atoms with van der Waals surface area (Å²) in [7, 11) is -4.41. The summed E-state index contributed by atoms with van der Waals surface area (Å²) < 4.78 is 47.1. The molecule has 0 aliphatic carbocycles. The van der Waals surface area contributed by atoms with E-state index in [-0.39, 0.29) is 70.4 Å². The summed E-state index contributed by atoms with van der Waals surface area (Å²) in [6, 6.07) is 0. The first-order valence-corrected chi connectivity index (χ1v) is 11.6. The Balaban J connectivity index is -0.00000450. The summed E-state index contributed by atoms with van der Waals surface area (Å²) in [6.45, 7) is 11.5. The van der Waals surface area contributed by atoms with Crippen LogP contribution in [0.15, 0.2) is 24.3 Å². The van der Waals surface area contributed by atoms with E-state index in [0.717, 1.165) is 19.3 Å². The smallest absolute Gasteiger partial charge is 1.00 e. The molecule has 1 atom stereocenters. The number of hydrogen-bond acceptors (Lipinski definition) is 8. The second kappa shape index (κ2) is 16.1. The third-order valence-corrected chi connectivity index (χ3v) is 5.71. The molecule has 0 bridgehead atoms. The van der Waals surface area contributed by atoms with E-state index in [1.54, 1.807) is 0 Å². The number of unbranched alkanes of at least 4 members (excludes halogenated alkanes) is 3. The number of rotatable bonds is 15. The summed E-state index contributed by atoms with van der Waals surface area (Å²) in [6.07, 6.45) is 3.33. The van der Waals surface area contributed by atoms with Gasteiger partial charge >= 0.3 is 69.3 Å². The van der Waals surface area contributed by atoms with Gasteiger partial charge in [0.1, 0.15) is 30.5 Å². The van der Waals surface area contributed by atoms with Crippen molar-refractivity contribution in [2.75, 3.05) is 19.8 Å². The molecule has 0 heterocycles. The molecule has 0 saturated carbocycles. The van der Waals surface area contributed by atoms with Gasteiger partial charge in [0, 0.05) is 11.1 Å². The zero-order valence-electron chi connectivity index (χ0n) is 20.8. The van der Waals surface area contributed by atoms with E-state index in [9.17, 15) is 22.8 Å². The van der Waals surface area contributed by atoms with Crippen LogP contribution in [0, 0.1) is 5.41 Å². The van der Waals surface area contributed by atoms with Crippen molar-refractivity contribution in [1.29, 1.82) is 0 Å². The van der Waals surface area contributed by atoms with E-state index >= 15 is 0 Å². The van der Waals surface area contributed by atoms with Crippen LogP contribution in [-0.2, 0) is 38.7 Å². The average molecular weight is 503 g/mol. The second-order valence-electron chi connectivity index (χ2n) is 7.73. The maximum Gasteiger partial charge on any atom is 1.00 e. The van der Waals surface area contributed by atoms with Crippen molar-refractivity contribution in [2.45, 2.75) is 65.0 Å². The van der Waals surface area contributed by atoms with Crippen molar-refractivity contribution in [3.63, 3.8) is 0 Å². The molecule has 0 rings (SSSR count). The van der Waals surface area contributed by atoms with Crippen molar-refractivity contribution in [3.05, 3.63) is 24.3 Å². The molecule has 0 aliphatic rings. The predicted molar refractivity (Wildman–Crippen MR) is 116 cm³/mol. The summed E-state index contributed by atoms with van der Waals surface area (Å²) in [5.41, 5.74) is -1.32. The summed E-state index contributed by atoms with van der Waals surface area (Å²) in [5, 5.41) is -1.36. The van der Waals surface area contributed by atoms with Gasteiger partial charge in [-0.15, -0.1) is 0 Å². The fourth-order valence-electron chi connectivity index (χ4n) is 2.38. The molecule has 1 N–H and O–H groups in total. The maximum absolute atomic E-state index is 13.0. The Morgan fingerprint density at radius 2 is 1.44 bits per heavy atom. The van der Waals surface area contributed by atoms with Gasteiger partial charge in [-0.25, -0.2) is 9.59 Å². The van der Waals surface area contributed by atoms with E-state index in [1.807, 2.05) is 6.92 Å². The molecule has 0 amide bonds. The van der Waals surface area contributed by atoms with Crippen molar-refractivity contribution >= 4 is 28.0 Å². The van der Waals surface area contributed by atoms with Crippen LogP contribution in [0.5, 0.6) is 0 Å². The normalized spacial score (nSPS) is 12.2. The first-order valence-electron chi connectivity index (χ1n) is 10.1. The standard InChI is InChI=1S/C21H34O9S.K.H/c1-7-8-9-10-11-21(13-29-18(22)15(2)3,14-30-19(23)16(4)5)20(24)28-12-17(6)31(25,26)27;;/h17H,2,4,7-14H2,1,3,5-6H3,(H,25,26,27);;/q;+1;-1. The Kier molecular flexibility index (Phi) is 16.9. The molecule has 0 spiro atoms. The second-order valence-corrected chi connectivity index (χ2v) is 9.56. The van der Waals surface area contributed by atoms with Gasteiger partial charge in [-0.05, 0) is 27.2 Å². The van der Waals surface area contributed by atoms with Gasteiger partial charge in [-0.3, -0.25) is 9.35 Å². The molecule has 180 valence electrons. The molecule has 9 nitrogen and oxygen atoms in total. The van der Waals surface area contributed by atoms with Crippen LogP contribution in [0.2, 0.25) is 0 Å². The van der Waals surface area contributed by atoms with Crippen molar-refractivity contribution in [2.24, 2.45) is 5.41 Å². The zero-order chi connectivity index (χ0) is 24.2. The Morgan fingerprint density at radius 3 is 1.81 bits per heavy atom. The Morgan fingerprint density at radius 1 is 0.969 bits per heavy atom. The summed E-state index contributed by atoms with van der Waals surface area (Å²) in [5.74, 6) is -2.37. The number of carbonyl (C=O) groups excluding carboxylic acids is 3. The molecule has 0 fully saturated rings. The first-order chi connectivity index (χ1) is 14.3. The molecule has 0 radical (unpaired) electrons. The van der Waals surface area contributed by atoms with Crippen LogP contribution in [0.4, 0.5) is 0 Å². The molecule has 0 saturated heterocycles. The van der Waals surface area contributed by atoms with Crippen LogP contribution in [0.3, 0.4) is 0 Å². The number of carbonyl (C=O) groups is 3. The van der Waals surface area contributed by atoms with E-state index in [4.69, 9.17) is 18.8 Å². The minimum Gasteiger partial charge on any atom is -1.00 e. The Hall–Kier alpha value is -0.564. The van der Waals surface area contributed by atoms with E-state index in [1.165, 1.54) is 20.8 Å². The van der Waals surface area contributed by atoms with Gasteiger partial charge in [0.05, 0.1) is 0 Å². The van der Waals surface area contributed by atoms with Crippen LogP contribution in [0.1, 0.15) is 61.2 Å². The maximum atomic E-state index is 13.0. The van der Waals surface area contributed by atoms with Crippen molar-refractivity contribution in [1.82, 2.24) is 0 Å². The minimum absolute atomic E-state index is 0. The van der Waals surface area contributed by atoms with Crippen LogP contribution >= 0.6 is 0 Å². The molecule has 0 aromatic carbocycles. The predicted octanol–water partition coefficient (Wildman–Crippen LogP) is 0.118.